The molecule has 0 aliphatic rings. The Hall–Kier alpha value is -2.37. The fraction of sp³-hybridized carbons (Fsp3) is 0.286. The lowest BCUT2D eigenvalue weighted by Crippen LogP contribution is -2.32. The molecule has 1 heterocycles. The van der Waals surface area contributed by atoms with Crippen LogP contribution in [-0.4, -0.2) is 21.7 Å². The van der Waals surface area contributed by atoms with Crippen molar-refractivity contribution in [3.8, 4) is 0 Å². The predicted molar refractivity (Wildman–Crippen MR) is 76.1 cm³/mol. The number of amides is 1. The van der Waals surface area contributed by atoms with E-state index in [1.165, 1.54) is 12.1 Å². The number of carbonyl (C=O) groups excluding carboxylic acids is 1. The highest BCUT2D eigenvalue weighted by Gasteiger charge is 2.14. The summed E-state index contributed by atoms with van der Waals surface area (Å²) in [6.07, 6.45) is 3.41. The molecule has 2 rings (SSSR count). The third kappa shape index (κ3) is 3.34. The number of nitrogens with zero attached hydrogens (tertiary/aromatic N) is 2. The van der Waals surface area contributed by atoms with Crippen molar-refractivity contribution in [2.75, 3.05) is 10.6 Å². The van der Waals surface area contributed by atoms with Gasteiger partial charge in [0.15, 0.2) is 0 Å². The quantitative estimate of drug-likeness (QED) is 0.901. The molecule has 106 valence electrons. The molecule has 0 aliphatic carbocycles. The van der Waals surface area contributed by atoms with Gasteiger partial charge in [-0.15, -0.1) is 0 Å². The van der Waals surface area contributed by atoms with E-state index in [0.29, 0.717) is 5.69 Å². The summed E-state index contributed by atoms with van der Waals surface area (Å²) in [4.78, 5) is 12.1. The van der Waals surface area contributed by atoms with Crippen molar-refractivity contribution in [2.45, 2.75) is 19.9 Å². The molecule has 0 saturated heterocycles. The maximum atomic E-state index is 13.2. The Morgan fingerprint density at radius 1 is 1.45 bits per heavy atom. The zero-order valence-corrected chi connectivity index (χ0v) is 11.6. The van der Waals surface area contributed by atoms with Gasteiger partial charge in [-0.1, -0.05) is 6.07 Å². The fourth-order valence-electron chi connectivity index (χ4n) is 1.78. The Morgan fingerprint density at radius 2 is 2.20 bits per heavy atom. The summed E-state index contributed by atoms with van der Waals surface area (Å²) in [5.41, 5.74) is 2.05. The number of nitrogens with one attached hydrogen (secondary N) is 2. The summed E-state index contributed by atoms with van der Waals surface area (Å²) in [6, 6.07) is 3.85. The number of rotatable bonds is 4. The molecule has 6 heteroatoms. The van der Waals surface area contributed by atoms with Crippen LogP contribution in [0.25, 0.3) is 0 Å². The molecule has 1 aromatic carbocycles. The molecule has 1 atom stereocenters. The van der Waals surface area contributed by atoms with Crippen LogP contribution in [0.1, 0.15) is 12.5 Å². The zero-order chi connectivity index (χ0) is 14.7. The molecule has 0 spiro atoms. The van der Waals surface area contributed by atoms with Gasteiger partial charge >= 0.3 is 0 Å². The fourth-order valence-corrected chi connectivity index (χ4v) is 1.78. The van der Waals surface area contributed by atoms with E-state index in [1.807, 2.05) is 6.92 Å². The van der Waals surface area contributed by atoms with Crippen LogP contribution in [0.5, 0.6) is 0 Å². The van der Waals surface area contributed by atoms with Gasteiger partial charge in [-0.25, -0.2) is 4.39 Å². The van der Waals surface area contributed by atoms with Crippen LogP contribution >= 0.6 is 0 Å². The van der Waals surface area contributed by atoms with Crippen LogP contribution in [0.4, 0.5) is 15.8 Å². The average molecular weight is 276 g/mol. The van der Waals surface area contributed by atoms with Gasteiger partial charge < -0.3 is 10.6 Å². The second-order valence-corrected chi connectivity index (χ2v) is 4.72. The molecule has 0 unspecified atom stereocenters. The number of aryl methyl sites for hydroxylation is 2. The van der Waals surface area contributed by atoms with Gasteiger partial charge in [0.1, 0.15) is 11.9 Å². The highest BCUT2D eigenvalue weighted by Crippen LogP contribution is 2.16. The second-order valence-electron chi connectivity index (χ2n) is 4.72. The predicted octanol–water partition coefficient (Wildman–Crippen LogP) is 2.31. The summed E-state index contributed by atoms with van der Waals surface area (Å²) in [5, 5.41) is 9.75. The van der Waals surface area contributed by atoms with Gasteiger partial charge in [-0.05, 0) is 31.5 Å². The number of halogens is 1. The minimum absolute atomic E-state index is 0.234. The topological polar surface area (TPSA) is 59.0 Å². The summed E-state index contributed by atoms with van der Waals surface area (Å²) in [5.74, 6) is -0.610. The van der Waals surface area contributed by atoms with Gasteiger partial charge in [0, 0.05) is 18.9 Å². The first-order chi connectivity index (χ1) is 9.45. The van der Waals surface area contributed by atoms with Crippen molar-refractivity contribution in [3.05, 3.63) is 42.0 Å². The smallest absolute Gasteiger partial charge is 0.246 e. The number of anilines is 2. The molecule has 1 amide bonds. The Balaban J connectivity index is 2.02. The van der Waals surface area contributed by atoms with Crippen molar-refractivity contribution in [1.29, 1.82) is 0 Å². The van der Waals surface area contributed by atoms with Crippen LogP contribution in [0.2, 0.25) is 0 Å². The lowest BCUT2D eigenvalue weighted by atomic mass is 10.2. The van der Waals surface area contributed by atoms with Crippen LogP contribution in [0, 0.1) is 12.7 Å². The van der Waals surface area contributed by atoms with Gasteiger partial charge in [0.05, 0.1) is 11.9 Å². The first kappa shape index (κ1) is 14.0. The highest BCUT2D eigenvalue weighted by molar-refractivity contribution is 5.96. The van der Waals surface area contributed by atoms with Crippen molar-refractivity contribution >= 4 is 17.3 Å². The minimum Gasteiger partial charge on any atom is -0.371 e. The minimum atomic E-state index is -0.457. The summed E-state index contributed by atoms with van der Waals surface area (Å²) in [6.45, 7) is 3.55. The lowest BCUT2D eigenvalue weighted by Gasteiger charge is -2.15. The molecular weight excluding hydrogens is 259 g/mol. The first-order valence-corrected chi connectivity index (χ1v) is 6.28. The van der Waals surface area contributed by atoms with E-state index in [4.69, 9.17) is 0 Å². The molecule has 0 aliphatic heterocycles. The molecule has 0 radical (unpaired) electrons. The molecule has 5 nitrogen and oxygen atoms in total. The number of hydrogen-bond donors (Lipinski definition) is 2. The van der Waals surface area contributed by atoms with E-state index in [2.05, 4.69) is 15.7 Å². The summed E-state index contributed by atoms with van der Waals surface area (Å²) in [7, 11) is 1.80. The number of aromatic nitrogens is 2. The molecule has 2 aromatic rings. The second kappa shape index (κ2) is 5.73. The van der Waals surface area contributed by atoms with Crippen LogP contribution in [-0.2, 0) is 11.8 Å². The lowest BCUT2D eigenvalue weighted by molar-refractivity contribution is -0.116. The molecule has 0 saturated carbocycles. The van der Waals surface area contributed by atoms with E-state index in [0.717, 1.165) is 11.3 Å². The largest absolute Gasteiger partial charge is 0.371 e. The van der Waals surface area contributed by atoms with E-state index in [-0.39, 0.29) is 11.7 Å². The highest BCUT2D eigenvalue weighted by atomic mass is 19.1. The Labute approximate surface area is 116 Å². The molecular formula is C14H17FN4O. The van der Waals surface area contributed by atoms with Gasteiger partial charge in [0.2, 0.25) is 5.91 Å². The van der Waals surface area contributed by atoms with Crippen molar-refractivity contribution in [3.63, 3.8) is 0 Å². The summed E-state index contributed by atoms with van der Waals surface area (Å²) >= 11 is 0. The average Bonchev–Trinajstić information content (AvgIpc) is 2.79. The van der Waals surface area contributed by atoms with E-state index in [1.54, 1.807) is 37.1 Å². The third-order valence-corrected chi connectivity index (χ3v) is 2.94. The number of benzene rings is 1. The zero-order valence-electron chi connectivity index (χ0n) is 11.6. The Kier molecular flexibility index (Phi) is 4.02. The SMILES string of the molecule is Cc1ccc(F)cc1NC(=O)[C@H](C)Nc1cnn(C)c1. The van der Waals surface area contributed by atoms with E-state index < -0.39 is 6.04 Å². The Morgan fingerprint density at radius 3 is 2.85 bits per heavy atom. The molecule has 0 fully saturated rings. The maximum absolute atomic E-state index is 13.2. The molecule has 0 bridgehead atoms. The first-order valence-electron chi connectivity index (χ1n) is 6.28. The van der Waals surface area contributed by atoms with E-state index in [9.17, 15) is 9.18 Å². The van der Waals surface area contributed by atoms with Crippen LogP contribution in [0.3, 0.4) is 0 Å². The Bertz CT molecular complexity index is 623. The molecule has 20 heavy (non-hydrogen) atoms. The van der Waals surface area contributed by atoms with Gasteiger partial charge in [-0.2, -0.15) is 5.10 Å². The van der Waals surface area contributed by atoms with Crippen LogP contribution < -0.4 is 10.6 Å². The van der Waals surface area contributed by atoms with Crippen molar-refractivity contribution in [1.82, 2.24) is 9.78 Å². The summed E-state index contributed by atoms with van der Waals surface area (Å²) < 4.78 is 14.8. The molecule has 1 aromatic heterocycles. The van der Waals surface area contributed by atoms with Crippen molar-refractivity contribution in [2.24, 2.45) is 7.05 Å². The number of hydrogen-bond acceptors (Lipinski definition) is 3. The third-order valence-electron chi connectivity index (χ3n) is 2.94. The van der Waals surface area contributed by atoms with Gasteiger partial charge in [0.25, 0.3) is 0 Å². The monoisotopic (exact) mass is 276 g/mol. The van der Waals surface area contributed by atoms with Crippen LogP contribution in [0.15, 0.2) is 30.6 Å². The van der Waals surface area contributed by atoms with E-state index >= 15 is 0 Å². The maximum Gasteiger partial charge on any atom is 0.246 e. The van der Waals surface area contributed by atoms with Gasteiger partial charge in [-0.3, -0.25) is 9.48 Å². The molecule has 2 N–H and O–H groups in total. The normalized spacial score (nSPS) is 12.0. The number of carbonyl (C=O) groups is 1. The standard InChI is InChI=1S/C14H17FN4O/c1-9-4-5-11(15)6-13(9)18-14(20)10(2)17-12-7-16-19(3)8-12/h4-8,10,17H,1-3H3,(H,18,20)/t10-/m0/s1. The van der Waals surface area contributed by atoms with Crippen molar-refractivity contribution < 1.29 is 9.18 Å².